The molecule has 0 aromatic carbocycles. The number of carbonyl (C=O) groups excluding carboxylic acids is 2. The Morgan fingerprint density at radius 3 is 0.842 bits per heavy atom. The van der Waals surface area contributed by atoms with Crippen molar-refractivity contribution < 1.29 is 42.1 Å². The fraction of sp³-hybridized carbons (Fsp3) is 0.736. The molecule has 0 heterocycles. The summed E-state index contributed by atoms with van der Waals surface area (Å²) in [5.41, 5.74) is 0. The minimum atomic E-state index is -4.41. The van der Waals surface area contributed by atoms with Crippen LogP contribution in [0.5, 0.6) is 0 Å². The number of carbonyl (C=O) groups is 2. The summed E-state index contributed by atoms with van der Waals surface area (Å²) in [6.07, 6.45) is 118. The fourth-order valence-corrected chi connectivity index (χ4v) is 12.8. The molecule has 1 N–H and O–H groups in total. The van der Waals surface area contributed by atoms with Gasteiger partial charge in [0.15, 0.2) is 6.10 Å². The first-order valence-corrected chi connectivity index (χ1v) is 43.9. The van der Waals surface area contributed by atoms with Crippen molar-refractivity contribution in [3.8, 4) is 0 Å². The van der Waals surface area contributed by atoms with Gasteiger partial charge in [-0.2, -0.15) is 0 Å². The Balaban J connectivity index is 4.01. The van der Waals surface area contributed by atoms with Crippen LogP contribution in [0.4, 0.5) is 0 Å². The Bertz CT molecular complexity index is 2170. The van der Waals surface area contributed by atoms with Gasteiger partial charge in [0.25, 0.3) is 0 Å². The zero-order chi connectivity index (χ0) is 73.3. The highest BCUT2D eigenvalue weighted by Gasteiger charge is 2.27. The number of nitrogens with zero attached hydrogens (tertiary/aromatic N) is 1. The van der Waals surface area contributed by atoms with E-state index in [1.165, 1.54) is 225 Å². The van der Waals surface area contributed by atoms with Crippen molar-refractivity contribution in [2.24, 2.45) is 0 Å². The van der Waals surface area contributed by atoms with Gasteiger partial charge in [-0.1, -0.05) is 404 Å². The Morgan fingerprint density at radius 1 is 0.317 bits per heavy atom. The number of likely N-dealkylation sites (N-methyl/N-ethyl adjacent to an activating group) is 1. The van der Waals surface area contributed by atoms with Crippen LogP contribution in [0.15, 0.2) is 134 Å². The molecule has 0 aromatic rings. The van der Waals surface area contributed by atoms with Crippen LogP contribution < -0.4 is 0 Å². The first-order chi connectivity index (χ1) is 49.5. The molecule has 0 aromatic heterocycles. The molecule has 0 amide bonds. The van der Waals surface area contributed by atoms with Gasteiger partial charge in [0.2, 0.25) is 0 Å². The molecule has 0 aliphatic rings. The smallest absolute Gasteiger partial charge is 0.462 e. The van der Waals surface area contributed by atoms with E-state index in [4.69, 9.17) is 18.5 Å². The van der Waals surface area contributed by atoms with Gasteiger partial charge in [-0.25, -0.2) is 4.57 Å². The highest BCUT2D eigenvalue weighted by atomic mass is 31.2. The molecular formula is C91H161NO8P+. The number of hydrogen-bond acceptors (Lipinski definition) is 7. The molecule has 0 bridgehead atoms. The first-order valence-electron chi connectivity index (χ1n) is 42.4. The van der Waals surface area contributed by atoms with Crippen LogP contribution in [0, 0.1) is 0 Å². The summed E-state index contributed by atoms with van der Waals surface area (Å²) in [5, 5.41) is 0. The maximum Gasteiger partial charge on any atom is 0.472 e. The molecule has 2 unspecified atom stereocenters. The second-order valence-corrected chi connectivity index (χ2v) is 30.9. The highest BCUT2D eigenvalue weighted by molar-refractivity contribution is 7.47. The minimum absolute atomic E-state index is 0.0228. The van der Waals surface area contributed by atoms with E-state index in [0.29, 0.717) is 17.4 Å². The number of unbranched alkanes of at least 4 members (excludes halogenated alkanes) is 42. The molecule has 0 fully saturated rings. The molecule has 0 rings (SSSR count). The lowest BCUT2D eigenvalue weighted by atomic mass is 10.0. The predicted molar refractivity (Wildman–Crippen MR) is 441 cm³/mol. The molecule has 582 valence electrons. The van der Waals surface area contributed by atoms with Gasteiger partial charge < -0.3 is 18.9 Å². The van der Waals surface area contributed by atoms with E-state index in [0.717, 1.165) is 122 Å². The Labute approximate surface area is 625 Å². The Kier molecular flexibility index (Phi) is 77.2. The zero-order valence-corrected chi connectivity index (χ0v) is 67.5. The normalized spacial score (nSPS) is 13.7. The molecule has 101 heavy (non-hydrogen) atoms. The number of rotatable bonds is 78. The van der Waals surface area contributed by atoms with Crippen LogP contribution in [0.2, 0.25) is 0 Å². The second-order valence-electron chi connectivity index (χ2n) is 29.5. The molecule has 0 saturated heterocycles. The lowest BCUT2D eigenvalue weighted by molar-refractivity contribution is -0.870. The molecule has 0 spiro atoms. The van der Waals surface area contributed by atoms with E-state index in [-0.39, 0.29) is 32.0 Å². The molecule has 0 aliphatic heterocycles. The van der Waals surface area contributed by atoms with Crippen molar-refractivity contribution in [3.63, 3.8) is 0 Å². The fourth-order valence-electron chi connectivity index (χ4n) is 12.0. The van der Waals surface area contributed by atoms with Crippen molar-refractivity contribution in [2.45, 2.75) is 386 Å². The summed E-state index contributed by atoms with van der Waals surface area (Å²) < 4.78 is 34.8. The Hall–Kier alpha value is -3.85. The maximum atomic E-state index is 12.9. The number of phosphoric ester groups is 1. The average Bonchev–Trinajstić information content (AvgIpc) is 0.973. The summed E-state index contributed by atoms with van der Waals surface area (Å²) >= 11 is 0. The van der Waals surface area contributed by atoms with Gasteiger partial charge in [-0.15, -0.1) is 0 Å². The van der Waals surface area contributed by atoms with Gasteiger partial charge in [0, 0.05) is 12.8 Å². The van der Waals surface area contributed by atoms with Crippen molar-refractivity contribution in [3.05, 3.63) is 134 Å². The first kappa shape index (κ1) is 97.2. The summed E-state index contributed by atoms with van der Waals surface area (Å²) in [6, 6.07) is 0. The van der Waals surface area contributed by atoms with Gasteiger partial charge in [-0.05, 0) is 96.3 Å². The van der Waals surface area contributed by atoms with E-state index in [9.17, 15) is 19.0 Å². The molecule has 9 nitrogen and oxygen atoms in total. The maximum absolute atomic E-state index is 12.9. The van der Waals surface area contributed by atoms with Crippen molar-refractivity contribution in [1.82, 2.24) is 0 Å². The highest BCUT2D eigenvalue weighted by Crippen LogP contribution is 2.43. The third-order valence-electron chi connectivity index (χ3n) is 18.4. The molecule has 0 aliphatic carbocycles. The van der Waals surface area contributed by atoms with E-state index in [2.05, 4.69) is 148 Å². The number of allylic oxidation sites excluding steroid dienone is 22. The summed E-state index contributed by atoms with van der Waals surface area (Å²) in [7, 11) is 1.46. The number of quaternary nitrogens is 1. The standard InChI is InChI=1S/C91H160NO8P/c1-6-8-10-12-14-16-18-20-22-24-26-28-30-32-34-36-38-40-42-44-46-48-50-52-54-56-58-60-62-64-66-68-70-72-74-76-78-80-82-84-91(94)100-89(88-99-101(95,96)98-86-85-92(3,4)5)87-97-90(93)83-81-79-77-75-73-71-69-67-65-63-61-59-57-55-53-51-49-47-45-43-41-39-37-35-33-31-29-27-25-23-21-19-17-15-13-11-9-7-2/h8,10,14,16,20,22,26,28,32,34,38,40,44,46,50,52,56,58,62,64,68,70,89H,6-7,9,11-13,15,17-19,21,23-25,27,29-31,33,35-37,39,41-43,45,47-49,51,53-55,57,59-61,63,65-67,69,71-88H2,1-5H3/p+1/b10-8-,16-14-,22-20-,28-26-,34-32-,40-38-,46-44-,52-50-,58-56-,64-62-,70-68-. The Morgan fingerprint density at radius 2 is 0.564 bits per heavy atom. The van der Waals surface area contributed by atoms with Crippen LogP contribution in [0.25, 0.3) is 0 Å². The van der Waals surface area contributed by atoms with Crippen LogP contribution in [0.3, 0.4) is 0 Å². The number of ether oxygens (including phenoxy) is 2. The quantitative estimate of drug-likeness (QED) is 0.0211. The second kappa shape index (κ2) is 80.3. The van der Waals surface area contributed by atoms with E-state index in [1.807, 2.05) is 21.1 Å². The van der Waals surface area contributed by atoms with Crippen LogP contribution in [-0.4, -0.2) is 74.9 Å². The zero-order valence-electron chi connectivity index (χ0n) is 66.6. The number of esters is 2. The summed E-state index contributed by atoms with van der Waals surface area (Å²) in [4.78, 5) is 36.0. The van der Waals surface area contributed by atoms with Crippen molar-refractivity contribution in [2.75, 3.05) is 47.5 Å². The lowest BCUT2D eigenvalue weighted by Crippen LogP contribution is -2.37. The SMILES string of the molecule is CC/C=C\C/C=C\C/C=C\C/C=C\C/C=C\C/C=C\C/C=C\C/C=C\C/C=C\C/C=C\C/C=C\CCCCCCCC(=O)OC(COC(=O)CCCCCCCCCCCCCCCCCCCCCCCCCCCCCCCCCCCCCCCC)COP(=O)(O)OCC[N+](C)(C)C. The third kappa shape index (κ3) is 85.0. The van der Waals surface area contributed by atoms with E-state index < -0.39 is 26.5 Å². The lowest BCUT2D eigenvalue weighted by Gasteiger charge is -2.24. The largest absolute Gasteiger partial charge is 0.472 e. The van der Waals surface area contributed by atoms with Crippen molar-refractivity contribution >= 4 is 19.8 Å². The number of phosphoric acid groups is 1. The van der Waals surface area contributed by atoms with Gasteiger partial charge in [-0.3, -0.25) is 18.6 Å². The molecule has 0 radical (unpaired) electrons. The molecular weight excluding hydrogens is 1270 g/mol. The van der Waals surface area contributed by atoms with Gasteiger partial charge >= 0.3 is 19.8 Å². The minimum Gasteiger partial charge on any atom is -0.462 e. The van der Waals surface area contributed by atoms with E-state index in [1.54, 1.807) is 0 Å². The van der Waals surface area contributed by atoms with Gasteiger partial charge in [0.05, 0.1) is 27.7 Å². The van der Waals surface area contributed by atoms with Crippen LogP contribution in [-0.2, 0) is 32.7 Å². The van der Waals surface area contributed by atoms with Crippen LogP contribution in [0.1, 0.15) is 380 Å². The van der Waals surface area contributed by atoms with Crippen LogP contribution >= 0.6 is 7.82 Å². The monoisotopic (exact) mass is 1430 g/mol. The summed E-state index contributed by atoms with van der Waals surface area (Å²) in [6.45, 7) is 4.34. The predicted octanol–water partition coefficient (Wildman–Crippen LogP) is 28.7. The number of hydrogen-bond donors (Lipinski definition) is 1. The third-order valence-corrected chi connectivity index (χ3v) is 19.4. The van der Waals surface area contributed by atoms with Gasteiger partial charge in [0.1, 0.15) is 19.8 Å². The topological polar surface area (TPSA) is 108 Å². The molecule has 10 heteroatoms. The van der Waals surface area contributed by atoms with E-state index >= 15 is 0 Å². The molecule has 0 saturated carbocycles. The summed E-state index contributed by atoms with van der Waals surface area (Å²) in [5.74, 6) is -0.813. The molecule has 2 atom stereocenters. The van der Waals surface area contributed by atoms with Crippen molar-refractivity contribution in [1.29, 1.82) is 0 Å². The average molecular weight is 1430 g/mol.